The van der Waals surface area contributed by atoms with E-state index in [4.69, 9.17) is 0 Å². The topological polar surface area (TPSA) is 94.2 Å². The number of carbonyl (C=O) groups is 1. The Morgan fingerprint density at radius 3 is 2.55 bits per heavy atom. The molecule has 2 atom stereocenters. The second-order valence-electron chi connectivity index (χ2n) is 10.6. The van der Waals surface area contributed by atoms with Gasteiger partial charge in [-0.1, -0.05) is 6.07 Å². The molecule has 38 heavy (non-hydrogen) atoms. The maximum Gasteiger partial charge on any atom is 0.419 e. The molecule has 8 nitrogen and oxygen atoms in total. The van der Waals surface area contributed by atoms with Crippen LogP contribution in [0.25, 0.3) is 22.2 Å². The van der Waals surface area contributed by atoms with E-state index in [1.807, 2.05) is 0 Å². The standard InChI is InChI=1S/C26H32F3N6O2P/c1-34-10-4-5-11-35-12-6-7-16(15-35)32-25-31-14-20(26(27,28)29)21(33-25)19-13-30-22-17(19)8-9-18(24(34)36)23(22)38(2,3)37/h8-9,13-14,16,30H,4-7,10-12,15H2,1-3H3,(H,31,32,33). The van der Waals surface area contributed by atoms with E-state index in [0.717, 1.165) is 51.5 Å². The first kappa shape index (κ1) is 26.7. The summed E-state index contributed by atoms with van der Waals surface area (Å²) in [5.41, 5.74) is -0.327. The van der Waals surface area contributed by atoms with Crippen molar-refractivity contribution in [3.8, 4) is 11.3 Å². The van der Waals surface area contributed by atoms with Gasteiger partial charge < -0.3 is 24.7 Å². The molecule has 0 aliphatic carbocycles. The second-order valence-corrected chi connectivity index (χ2v) is 13.8. The number of H-pyrrole nitrogens is 1. The largest absolute Gasteiger partial charge is 0.419 e. The number of hydrogen-bond donors (Lipinski definition) is 2. The summed E-state index contributed by atoms with van der Waals surface area (Å²) in [6.07, 6.45) is 1.14. The van der Waals surface area contributed by atoms with Crippen LogP contribution < -0.4 is 10.6 Å². The van der Waals surface area contributed by atoms with E-state index in [1.54, 1.807) is 37.4 Å². The third-order valence-corrected chi connectivity index (χ3v) is 8.89. The molecule has 8 bridgehead atoms. The van der Waals surface area contributed by atoms with Crippen molar-refractivity contribution in [2.24, 2.45) is 0 Å². The van der Waals surface area contributed by atoms with Crippen LogP contribution in [-0.2, 0) is 10.7 Å². The number of rotatable bonds is 1. The lowest BCUT2D eigenvalue weighted by Gasteiger charge is -2.33. The quantitative estimate of drug-likeness (QED) is 0.431. The van der Waals surface area contributed by atoms with Crippen LogP contribution in [0.5, 0.6) is 0 Å². The fourth-order valence-electron chi connectivity index (χ4n) is 5.53. The molecule has 5 heterocycles. The first-order valence-corrected chi connectivity index (χ1v) is 15.4. The zero-order chi connectivity index (χ0) is 27.2. The van der Waals surface area contributed by atoms with E-state index in [1.165, 1.54) is 6.20 Å². The van der Waals surface area contributed by atoms with Crippen LogP contribution in [0.4, 0.5) is 19.1 Å². The smallest absolute Gasteiger partial charge is 0.360 e. The first-order valence-electron chi connectivity index (χ1n) is 12.8. The van der Waals surface area contributed by atoms with Gasteiger partial charge in [-0.15, -0.1) is 0 Å². The molecule has 3 aliphatic heterocycles. The SMILES string of the molecule is CN1CCCCN2CCCC(C2)Nc2ncc(C(F)(F)F)c(n2)-c2c[nH]c3c(P(C)(C)=O)c(ccc23)C1=O. The summed E-state index contributed by atoms with van der Waals surface area (Å²) in [6, 6.07) is 3.19. The molecule has 0 saturated carbocycles. The number of benzene rings is 1. The van der Waals surface area contributed by atoms with Gasteiger partial charge in [0.05, 0.1) is 16.8 Å². The monoisotopic (exact) mass is 548 g/mol. The van der Waals surface area contributed by atoms with Gasteiger partial charge in [-0.2, -0.15) is 13.2 Å². The number of hydrogen-bond acceptors (Lipinski definition) is 6. The predicted octanol–water partition coefficient (Wildman–Crippen LogP) is 4.63. The number of nitrogens with one attached hydrogen (secondary N) is 2. The Balaban J connectivity index is 1.72. The van der Waals surface area contributed by atoms with E-state index in [9.17, 15) is 22.5 Å². The number of amides is 1. The summed E-state index contributed by atoms with van der Waals surface area (Å²) in [5, 5.41) is 4.01. The summed E-state index contributed by atoms with van der Waals surface area (Å²) >= 11 is 0. The van der Waals surface area contributed by atoms with E-state index < -0.39 is 18.9 Å². The number of alkyl halides is 3. The third kappa shape index (κ3) is 5.18. The van der Waals surface area contributed by atoms with Crippen LogP contribution in [0.1, 0.15) is 41.6 Å². The summed E-state index contributed by atoms with van der Waals surface area (Å²) in [4.78, 5) is 28.8. The van der Waals surface area contributed by atoms with Gasteiger partial charge in [0.15, 0.2) is 0 Å². The molecule has 2 aromatic heterocycles. The molecule has 204 valence electrons. The minimum Gasteiger partial charge on any atom is -0.360 e. The minimum absolute atomic E-state index is 0.0136. The van der Waals surface area contributed by atoms with E-state index in [-0.39, 0.29) is 29.2 Å². The van der Waals surface area contributed by atoms with Crippen LogP contribution >= 0.6 is 7.14 Å². The lowest BCUT2D eigenvalue weighted by atomic mass is 10.0. The summed E-state index contributed by atoms with van der Waals surface area (Å²) in [5.74, 6) is -0.119. The molecule has 6 rings (SSSR count). The van der Waals surface area contributed by atoms with Crippen molar-refractivity contribution in [3.63, 3.8) is 0 Å². The molecular weight excluding hydrogens is 516 g/mol. The van der Waals surface area contributed by atoms with Crippen molar-refractivity contribution in [3.05, 3.63) is 35.7 Å². The Bertz CT molecular complexity index is 1420. The molecule has 3 aromatic rings. The zero-order valence-electron chi connectivity index (χ0n) is 21.7. The number of nitrogens with zero attached hydrogens (tertiary/aromatic N) is 4. The van der Waals surface area contributed by atoms with Gasteiger partial charge >= 0.3 is 6.18 Å². The van der Waals surface area contributed by atoms with Crippen LogP contribution in [0.2, 0.25) is 0 Å². The maximum atomic E-state index is 14.1. The van der Waals surface area contributed by atoms with Crippen molar-refractivity contribution in [1.82, 2.24) is 24.8 Å². The van der Waals surface area contributed by atoms with Gasteiger partial charge in [-0.05, 0) is 58.2 Å². The summed E-state index contributed by atoms with van der Waals surface area (Å²) in [6.45, 7) is 6.23. The Kier molecular flexibility index (Phi) is 7.02. The van der Waals surface area contributed by atoms with E-state index in [0.29, 0.717) is 28.3 Å². The fraction of sp³-hybridized carbons (Fsp3) is 0.500. The Labute approximate surface area is 219 Å². The molecule has 2 unspecified atom stereocenters. The zero-order valence-corrected chi connectivity index (χ0v) is 22.6. The molecule has 1 saturated heterocycles. The van der Waals surface area contributed by atoms with Gasteiger partial charge in [0.25, 0.3) is 5.91 Å². The number of piperidine rings is 1. The van der Waals surface area contributed by atoms with Crippen LogP contribution in [0.15, 0.2) is 24.5 Å². The predicted molar refractivity (Wildman–Crippen MR) is 143 cm³/mol. The average molecular weight is 549 g/mol. The van der Waals surface area contributed by atoms with Crippen molar-refractivity contribution in [2.45, 2.75) is 37.9 Å². The highest BCUT2D eigenvalue weighted by Crippen LogP contribution is 2.43. The average Bonchev–Trinajstić information content (AvgIpc) is 3.28. The van der Waals surface area contributed by atoms with Crippen molar-refractivity contribution in [1.29, 1.82) is 0 Å². The molecule has 1 fully saturated rings. The summed E-state index contributed by atoms with van der Waals surface area (Å²) < 4.78 is 55.7. The first-order chi connectivity index (χ1) is 17.9. The Hall–Kier alpha value is -2.91. The number of fused-ring (bicyclic) bond motifs is 6. The van der Waals surface area contributed by atoms with Gasteiger partial charge in [0, 0.05) is 54.8 Å². The molecule has 1 amide bonds. The molecule has 0 radical (unpaired) electrons. The highest BCUT2D eigenvalue weighted by atomic mass is 31.2. The van der Waals surface area contributed by atoms with E-state index in [2.05, 4.69) is 25.2 Å². The van der Waals surface area contributed by atoms with Crippen LogP contribution in [-0.4, -0.2) is 83.3 Å². The number of anilines is 1. The van der Waals surface area contributed by atoms with Crippen molar-refractivity contribution >= 4 is 35.2 Å². The van der Waals surface area contributed by atoms with Gasteiger partial charge in [0.2, 0.25) is 5.95 Å². The Morgan fingerprint density at radius 1 is 1.08 bits per heavy atom. The van der Waals surface area contributed by atoms with Gasteiger partial charge in [-0.3, -0.25) is 4.79 Å². The summed E-state index contributed by atoms with van der Waals surface area (Å²) in [7, 11) is -1.30. The molecule has 12 heteroatoms. The highest BCUT2D eigenvalue weighted by molar-refractivity contribution is 7.70. The molecule has 3 aliphatic rings. The molecule has 2 N–H and O–H groups in total. The van der Waals surface area contributed by atoms with Crippen LogP contribution in [0, 0.1) is 0 Å². The number of aromatic amines is 1. The van der Waals surface area contributed by atoms with Crippen molar-refractivity contribution in [2.75, 3.05) is 51.9 Å². The lowest BCUT2D eigenvalue weighted by Crippen LogP contribution is -2.43. The number of carbonyl (C=O) groups excluding carboxylic acids is 1. The number of aromatic nitrogens is 3. The van der Waals surface area contributed by atoms with Gasteiger partial charge in [-0.25, -0.2) is 9.97 Å². The highest BCUT2D eigenvalue weighted by Gasteiger charge is 2.37. The molecular formula is C26H32F3N6O2P. The molecule has 1 aromatic carbocycles. The normalized spacial score (nSPS) is 21.4. The van der Waals surface area contributed by atoms with Gasteiger partial charge in [0.1, 0.15) is 12.7 Å². The lowest BCUT2D eigenvalue weighted by molar-refractivity contribution is -0.137. The second kappa shape index (κ2) is 10.0. The maximum absolute atomic E-state index is 14.1. The molecule has 0 spiro atoms. The van der Waals surface area contributed by atoms with Crippen LogP contribution in [0.3, 0.4) is 0 Å². The number of halogens is 3. The fourth-order valence-corrected chi connectivity index (χ4v) is 7.00. The van der Waals surface area contributed by atoms with Crippen molar-refractivity contribution < 1.29 is 22.5 Å². The third-order valence-electron chi connectivity index (χ3n) is 7.35. The Morgan fingerprint density at radius 2 is 1.82 bits per heavy atom. The van der Waals surface area contributed by atoms with E-state index >= 15 is 0 Å². The minimum atomic E-state index is -4.68.